The SMILES string of the molecule is N#Cc1cc(-c2c[nH]c3ncc(C(=O)N4CCOCC4)cc23)ccc1OC1CCOCC1. The second-order valence-corrected chi connectivity index (χ2v) is 7.98. The summed E-state index contributed by atoms with van der Waals surface area (Å²) < 4.78 is 16.8. The van der Waals surface area contributed by atoms with Crippen LogP contribution in [0.3, 0.4) is 0 Å². The van der Waals surface area contributed by atoms with E-state index in [-0.39, 0.29) is 12.0 Å². The van der Waals surface area contributed by atoms with Crippen LogP contribution in [-0.4, -0.2) is 66.4 Å². The van der Waals surface area contributed by atoms with Gasteiger partial charge in [-0.25, -0.2) is 4.98 Å². The van der Waals surface area contributed by atoms with Gasteiger partial charge in [0.25, 0.3) is 5.91 Å². The molecule has 3 aromatic rings. The number of nitriles is 1. The predicted molar refractivity (Wildman–Crippen MR) is 117 cm³/mol. The third-order valence-electron chi connectivity index (χ3n) is 5.95. The van der Waals surface area contributed by atoms with E-state index >= 15 is 0 Å². The number of hydrogen-bond acceptors (Lipinski definition) is 6. The zero-order chi connectivity index (χ0) is 21.9. The lowest BCUT2D eigenvalue weighted by Gasteiger charge is -2.26. The minimum absolute atomic E-state index is 0.0484. The Hall–Kier alpha value is -3.41. The van der Waals surface area contributed by atoms with Crippen LogP contribution in [0, 0.1) is 11.3 Å². The summed E-state index contributed by atoms with van der Waals surface area (Å²) in [5.41, 5.74) is 3.47. The summed E-state index contributed by atoms with van der Waals surface area (Å²) in [4.78, 5) is 22.3. The van der Waals surface area contributed by atoms with E-state index in [2.05, 4.69) is 16.0 Å². The molecule has 0 saturated carbocycles. The Morgan fingerprint density at radius 2 is 1.94 bits per heavy atom. The highest BCUT2D eigenvalue weighted by atomic mass is 16.5. The fraction of sp³-hybridized carbons (Fsp3) is 0.375. The first-order chi connectivity index (χ1) is 15.7. The van der Waals surface area contributed by atoms with Crippen LogP contribution >= 0.6 is 0 Å². The Morgan fingerprint density at radius 3 is 2.72 bits per heavy atom. The molecule has 1 N–H and O–H groups in total. The molecule has 1 amide bonds. The average Bonchev–Trinajstić information content (AvgIpc) is 3.28. The van der Waals surface area contributed by atoms with E-state index in [0.717, 1.165) is 29.4 Å². The highest BCUT2D eigenvalue weighted by Gasteiger charge is 2.21. The van der Waals surface area contributed by atoms with E-state index in [9.17, 15) is 10.1 Å². The molecular weight excluding hydrogens is 408 g/mol. The van der Waals surface area contributed by atoms with Crippen molar-refractivity contribution in [2.24, 2.45) is 0 Å². The summed E-state index contributed by atoms with van der Waals surface area (Å²) in [6, 6.07) is 9.73. The summed E-state index contributed by atoms with van der Waals surface area (Å²) >= 11 is 0. The largest absolute Gasteiger partial charge is 0.489 e. The first kappa shape index (κ1) is 20.5. The van der Waals surface area contributed by atoms with Gasteiger partial charge in [-0.1, -0.05) is 6.07 Å². The number of nitrogens with one attached hydrogen (secondary N) is 1. The number of aromatic amines is 1. The summed E-state index contributed by atoms with van der Waals surface area (Å²) in [6.45, 7) is 3.62. The zero-order valence-electron chi connectivity index (χ0n) is 17.7. The van der Waals surface area contributed by atoms with Crippen molar-refractivity contribution >= 4 is 16.9 Å². The van der Waals surface area contributed by atoms with Gasteiger partial charge in [-0.15, -0.1) is 0 Å². The lowest BCUT2D eigenvalue weighted by molar-refractivity contribution is 0.0254. The fourth-order valence-corrected chi connectivity index (χ4v) is 4.17. The monoisotopic (exact) mass is 432 g/mol. The van der Waals surface area contributed by atoms with E-state index < -0.39 is 0 Å². The van der Waals surface area contributed by atoms with Crippen LogP contribution in [-0.2, 0) is 9.47 Å². The number of benzene rings is 1. The van der Waals surface area contributed by atoms with Crippen molar-refractivity contribution in [2.75, 3.05) is 39.5 Å². The van der Waals surface area contributed by atoms with Crippen LogP contribution in [0.15, 0.2) is 36.7 Å². The molecule has 2 fully saturated rings. The fourth-order valence-electron chi connectivity index (χ4n) is 4.17. The molecule has 2 saturated heterocycles. The standard InChI is InChI=1S/C24H24N4O4/c25-13-17-11-16(1-2-22(17)32-19-3-7-30-8-4-19)21-15-27-23-20(21)12-18(14-26-23)24(29)28-5-9-31-10-6-28/h1-2,11-12,14-15,19H,3-10H2,(H,26,27). The van der Waals surface area contributed by atoms with Crippen molar-refractivity contribution in [3.8, 4) is 22.9 Å². The molecular formula is C24H24N4O4. The molecule has 1 aromatic carbocycles. The van der Waals surface area contributed by atoms with Gasteiger partial charge in [-0.3, -0.25) is 4.79 Å². The predicted octanol–water partition coefficient (Wildman–Crippen LogP) is 3.13. The van der Waals surface area contributed by atoms with E-state index in [0.29, 0.717) is 62.0 Å². The van der Waals surface area contributed by atoms with Gasteiger partial charge in [0.15, 0.2) is 0 Å². The van der Waals surface area contributed by atoms with Crippen molar-refractivity contribution in [3.63, 3.8) is 0 Å². The molecule has 2 aliphatic rings. The van der Waals surface area contributed by atoms with Crippen LogP contribution < -0.4 is 4.74 Å². The van der Waals surface area contributed by atoms with Gasteiger partial charge >= 0.3 is 0 Å². The highest BCUT2D eigenvalue weighted by Crippen LogP contribution is 2.32. The van der Waals surface area contributed by atoms with Gasteiger partial charge < -0.3 is 24.1 Å². The van der Waals surface area contributed by atoms with Crippen LogP contribution in [0.1, 0.15) is 28.8 Å². The summed E-state index contributed by atoms with van der Waals surface area (Å²) in [7, 11) is 0. The maximum absolute atomic E-state index is 12.9. The number of nitrogens with zero attached hydrogens (tertiary/aromatic N) is 3. The molecule has 2 aromatic heterocycles. The number of amides is 1. The normalized spacial score (nSPS) is 17.3. The maximum Gasteiger partial charge on any atom is 0.255 e. The van der Waals surface area contributed by atoms with E-state index in [1.807, 2.05) is 30.5 Å². The number of pyridine rings is 1. The van der Waals surface area contributed by atoms with Gasteiger partial charge in [0.2, 0.25) is 0 Å². The number of ether oxygens (including phenoxy) is 3. The lowest BCUT2D eigenvalue weighted by Crippen LogP contribution is -2.40. The van der Waals surface area contributed by atoms with Gasteiger partial charge in [0, 0.05) is 49.3 Å². The van der Waals surface area contributed by atoms with E-state index in [1.165, 1.54) is 0 Å². The average molecular weight is 432 g/mol. The van der Waals surface area contributed by atoms with Gasteiger partial charge in [0.05, 0.1) is 37.6 Å². The maximum atomic E-state index is 12.9. The van der Waals surface area contributed by atoms with Crippen LogP contribution in [0.4, 0.5) is 0 Å². The molecule has 0 bridgehead atoms. The zero-order valence-corrected chi connectivity index (χ0v) is 17.7. The molecule has 32 heavy (non-hydrogen) atoms. The number of aromatic nitrogens is 2. The quantitative estimate of drug-likeness (QED) is 0.680. The van der Waals surface area contributed by atoms with Crippen molar-refractivity contribution < 1.29 is 19.0 Å². The third kappa shape index (κ3) is 4.05. The Balaban J connectivity index is 1.44. The molecule has 0 spiro atoms. The minimum atomic E-state index is -0.0484. The Labute approximate surface area is 185 Å². The van der Waals surface area contributed by atoms with Crippen LogP contribution in [0.5, 0.6) is 5.75 Å². The number of rotatable bonds is 4. The van der Waals surface area contributed by atoms with Crippen molar-refractivity contribution in [1.82, 2.24) is 14.9 Å². The number of morpholine rings is 1. The lowest BCUT2D eigenvalue weighted by atomic mass is 10.0. The topological polar surface area (TPSA) is 100 Å². The van der Waals surface area contributed by atoms with Crippen molar-refractivity contribution in [2.45, 2.75) is 18.9 Å². The minimum Gasteiger partial charge on any atom is -0.489 e. The molecule has 0 radical (unpaired) electrons. The molecule has 5 rings (SSSR count). The van der Waals surface area contributed by atoms with E-state index in [4.69, 9.17) is 14.2 Å². The number of carbonyl (C=O) groups excluding carboxylic acids is 1. The van der Waals surface area contributed by atoms with E-state index in [1.54, 1.807) is 11.1 Å². The highest BCUT2D eigenvalue weighted by molar-refractivity contribution is 6.01. The van der Waals surface area contributed by atoms with Crippen molar-refractivity contribution in [1.29, 1.82) is 5.26 Å². The molecule has 0 aliphatic carbocycles. The molecule has 2 aliphatic heterocycles. The van der Waals surface area contributed by atoms with Crippen LogP contribution in [0.25, 0.3) is 22.2 Å². The summed E-state index contributed by atoms with van der Waals surface area (Å²) in [6.07, 6.45) is 5.16. The second-order valence-electron chi connectivity index (χ2n) is 7.98. The number of hydrogen-bond donors (Lipinski definition) is 1. The Bertz CT molecular complexity index is 1170. The van der Waals surface area contributed by atoms with Gasteiger partial charge in [-0.2, -0.15) is 5.26 Å². The smallest absolute Gasteiger partial charge is 0.255 e. The Morgan fingerprint density at radius 1 is 1.16 bits per heavy atom. The molecule has 4 heterocycles. The second kappa shape index (κ2) is 8.99. The van der Waals surface area contributed by atoms with Gasteiger partial charge in [0.1, 0.15) is 23.6 Å². The number of H-pyrrole nitrogens is 1. The first-order valence-corrected chi connectivity index (χ1v) is 10.9. The van der Waals surface area contributed by atoms with Gasteiger partial charge in [-0.05, 0) is 23.8 Å². The third-order valence-corrected chi connectivity index (χ3v) is 5.95. The molecule has 0 unspecified atom stereocenters. The molecule has 8 heteroatoms. The summed E-state index contributed by atoms with van der Waals surface area (Å²) in [5, 5.41) is 10.5. The molecule has 8 nitrogen and oxygen atoms in total. The number of carbonyl (C=O) groups is 1. The molecule has 164 valence electrons. The summed E-state index contributed by atoms with van der Waals surface area (Å²) in [5.74, 6) is 0.539. The van der Waals surface area contributed by atoms with Crippen LogP contribution in [0.2, 0.25) is 0 Å². The molecule has 0 atom stereocenters. The Kier molecular flexibility index (Phi) is 5.75. The number of fused-ring (bicyclic) bond motifs is 1. The van der Waals surface area contributed by atoms with Crippen molar-refractivity contribution in [3.05, 3.63) is 47.8 Å². The first-order valence-electron chi connectivity index (χ1n) is 10.9.